The molecule has 0 aliphatic heterocycles. The smallest absolute Gasteiger partial charge is 0.279 e. The van der Waals surface area contributed by atoms with Gasteiger partial charge in [0.2, 0.25) is 0 Å². The van der Waals surface area contributed by atoms with Crippen LogP contribution in [0, 0.1) is 0 Å². The number of nitrogens with one attached hydrogen (secondary N) is 1. The van der Waals surface area contributed by atoms with E-state index in [9.17, 15) is 4.79 Å². The lowest BCUT2D eigenvalue weighted by atomic mass is 10.5. The Hall–Kier alpha value is -2.11. The highest BCUT2D eigenvalue weighted by molar-refractivity contribution is 5.72. The van der Waals surface area contributed by atoms with Crippen LogP contribution in [0.4, 0.5) is 0 Å². The van der Waals surface area contributed by atoms with Crippen molar-refractivity contribution in [3.05, 3.63) is 28.9 Å². The summed E-state index contributed by atoms with van der Waals surface area (Å²) in [7, 11) is 1.83. The number of H-pyrrole nitrogens is 1. The van der Waals surface area contributed by atoms with Gasteiger partial charge < -0.3 is 9.55 Å². The second-order valence-corrected chi connectivity index (χ2v) is 3.11. The van der Waals surface area contributed by atoms with Crippen molar-refractivity contribution in [2.45, 2.75) is 0 Å². The minimum atomic E-state index is -0.186. The van der Waals surface area contributed by atoms with Gasteiger partial charge in [0.25, 0.3) is 5.56 Å². The first-order valence-electron chi connectivity index (χ1n) is 4.14. The molecule has 0 aliphatic carbocycles. The average molecular weight is 189 g/mol. The zero-order valence-electron chi connectivity index (χ0n) is 7.43. The number of imidazole rings is 1. The van der Waals surface area contributed by atoms with Crippen molar-refractivity contribution in [1.82, 2.24) is 24.1 Å². The zero-order valence-corrected chi connectivity index (χ0v) is 7.43. The number of aromatic nitrogens is 5. The molecule has 3 heterocycles. The Balaban J connectivity index is 2.78. The fourth-order valence-corrected chi connectivity index (χ4v) is 1.58. The maximum Gasteiger partial charge on any atom is 0.279 e. The molecule has 6 nitrogen and oxygen atoms in total. The normalized spacial score (nSPS) is 11.5. The van der Waals surface area contributed by atoms with E-state index in [0.29, 0.717) is 16.8 Å². The van der Waals surface area contributed by atoms with E-state index in [1.807, 2.05) is 7.05 Å². The molecule has 1 N–H and O–H groups in total. The summed E-state index contributed by atoms with van der Waals surface area (Å²) in [5, 5.41) is 4.11. The number of fused-ring (bicyclic) bond motifs is 3. The first-order chi connectivity index (χ1) is 6.77. The summed E-state index contributed by atoms with van der Waals surface area (Å²) in [6.07, 6.45) is 3.23. The fourth-order valence-electron chi connectivity index (χ4n) is 1.58. The highest BCUT2D eigenvalue weighted by atomic mass is 16.1. The largest absolute Gasteiger partial charge is 0.318 e. The van der Waals surface area contributed by atoms with Crippen LogP contribution >= 0.6 is 0 Å². The molecular weight excluding hydrogens is 182 g/mol. The molecule has 0 atom stereocenters. The molecule has 0 aliphatic rings. The zero-order chi connectivity index (χ0) is 9.71. The molecule has 6 heteroatoms. The standard InChI is InChI=1S/C8H7N5O/c1-12-4-9-6-7(14)11-5-2-3-10-13(5)8(6)12/h2-4H,1H3,(H,11,14). The van der Waals surface area contributed by atoms with Crippen LogP contribution in [0.5, 0.6) is 0 Å². The lowest BCUT2D eigenvalue weighted by molar-refractivity contribution is 0.873. The van der Waals surface area contributed by atoms with Gasteiger partial charge in [0.1, 0.15) is 5.65 Å². The van der Waals surface area contributed by atoms with Gasteiger partial charge in [-0.2, -0.15) is 9.61 Å². The minimum absolute atomic E-state index is 0.186. The number of rotatable bonds is 0. The topological polar surface area (TPSA) is 68.0 Å². The SMILES string of the molecule is Cn1cnc2c(=O)[nH]c3ccnn3c21. The predicted octanol–water partition coefficient (Wildman–Crippen LogP) is -0.0907. The number of hydrogen-bond donors (Lipinski definition) is 1. The minimum Gasteiger partial charge on any atom is -0.318 e. The maximum atomic E-state index is 11.5. The molecule has 14 heavy (non-hydrogen) atoms. The molecule has 0 amide bonds. The van der Waals surface area contributed by atoms with Crippen molar-refractivity contribution in [2.75, 3.05) is 0 Å². The van der Waals surface area contributed by atoms with Gasteiger partial charge in [-0.05, 0) is 0 Å². The van der Waals surface area contributed by atoms with E-state index in [0.717, 1.165) is 0 Å². The Morgan fingerprint density at radius 3 is 3.21 bits per heavy atom. The van der Waals surface area contributed by atoms with E-state index in [2.05, 4.69) is 15.1 Å². The molecule has 0 spiro atoms. The Morgan fingerprint density at radius 2 is 2.36 bits per heavy atom. The van der Waals surface area contributed by atoms with Crippen molar-refractivity contribution in [1.29, 1.82) is 0 Å². The molecule has 0 unspecified atom stereocenters. The predicted molar refractivity (Wildman–Crippen MR) is 50.1 cm³/mol. The molecule has 0 bridgehead atoms. The maximum absolute atomic E-state index is 11.5. The lowest BCUT2D eigenvalue weighted by Crippen LogP contribution is -2.10. The third kappa shape index (κ3) is 0.723. The van der Waals surface area contributed by atoms with E-state index in [1.54, 1.807) is 27.7 Å². The second kappa shape index (κ2) is 2.22. The van der Waals surface area contributed by atoms with Crippen LogP contribution in [0.1, 0.15) is 0 Å². The van der Waals surface area contributed by atoms with Crippen LogP contribution in [-0.2, 0) is 7.05 Å². The summed E-state index contributed by atoms with van der Waals surface area (Å²) in [6.45, 7) is 0. The van der Waals surface area contributed by atoms with Crippen LogP contribution in [0.25, 0.3) is 16.8 Å². The number of hydrogen-bond acceptors (Lipinski definition) is 3. The quantitative estimate of drug-likeness (QED) is 0.537. The first kappa shape index (κ1) is 7.31. The molecule has 0 radical (unpaired) electrons. The number of aromatic amines is 1. The van der Waals surface area contributed by atoms with Crippen molar-refractivity contribution in [3.63, 3.8) is 0 Å². The van der Waals surface area contributed by atoms with Crippen molar-refractivity contribution < 1.29 is 0 Å². The van der Waals surface area contributed by atoms with Crippen molar-refractivity contribution >= 4 is 16.8 Å². The number of aryl methyl sites for hydroxylation is 1. The molecular formula is C8H7N5O. The molecule has 0 aromatic carbocycles. The van der Waals surface area contributed by atoms with E-state index in [4.69, 9.17) is 0 Å². The van der Waals surface area contributed by atoms with E-state index in [1.165, 1.54) is 0 Å². The average Bonchev–Trinajstić information content (AvgIpc) is 2.71. The van der Waals surface area contributed by atoms with Gasteiger partial charge in [-0.25, -0.2) is 4.98 Å². The summed E-state index contributed by atoms with van der Waals surface area (Å²) in [4.78, 5) is 18.2. The molecule has 3 rings (SSSR count). The van der Waals surface area contributed by atoms with Crippen LogP contribution in [0.3, 0.4) is 0 Å². The second-order valence-electron chi connectivity index (χ2n) is 3.11. The Bertz CT molecular complexity index is 674. The summed E-state index contributed by atoms with van der Waals surface area (Å²) in [5.41, 5.74) is 1.59. The lowest BCUT2D eigenvalue weighted by Gasteiger charge is -1.97. The molecule has 3 aromatic heterocycles. The van der Waals surface area contributed by atoms with Gasteiger partial charge in [0, 0.05) is 13.1 Å². The Labute approximate surface area is 77.8 Å². The molecule has 0 saturated carbocycles. The van der Waals surface area contributed by atoms with Crippen molar-refractivity contribution in [2.24, 2.45) is 7.05 Å². The third-order valence-corrected chi connectivity index (χ3v) is 2.21. The Kier molecular flexibility index (Phi) is 1.16. The Morgan fingerprint density at radius 1 is 1.50 bits per heavy atom. The van der Waals surface area contributed by atoms with Gasteiger partial charge in [0.05, 0.1) is 12.5 Å². The van der Waals surface area contributed by atoms with Gasteiger partial charge in [-0.1, -0.05) is 0 Å². The van der Waals surface area contributed by atoms with E-state index < -0.39 is 0 Å². The highest BCUT2D eigenvalue weighted by Crippen LogP contribution is 2.07. The van der Waals surface area contributed by atoms with E-state index >= 15 is 0 Å². The van der Waals surface area contributed by atoms with Gasteiger partial charge in [-0.15, -0.1) is 0 Å². The van der Waals surface area contributed by atoms with Crippen LogP contribution < -0.4 is 5.56 Å². The molecule has 3 aromatic rings. The summed E-state index contributed by atoms with van der Waals surface area (Å²) in [5.74, 6) is 0. The number of nitrogens with zero attached hydrogens (tertiary/aromatic N) is 4. The van der Waals surface area contributed by atoms with Crippen molar-refractivity contribution in [3.8, 4) is 0 Å². The third-order valence-electron chi connectivity index (χ3n) is 2.21. The summed E-state index contributed by atoms with van der Waals surface area (Å²) < 4.78 is 3.42. The molecule has 0 saturated heterocycles. The first-order valence-corrected chi connectivity index (χ1v) is 4.14. The summed E-state index contributed by atoms with van der Waals surface area (Å²) in [6, 6.07) is 1.74. The van der Waals surface area contributed by atoms with Crippen LogP contribution in [-0.4, -0.2) is 24.1 Å². The molecule has 0 fully saturated rings. The monoisotopic (exact) mass is 189 g/mol. The highest BCUT2D eigenvalue weighted by Gasteiger charge is 2.09. The van der Waals surface area contributed by atoms with E-state index in [-0.39, 0.29) is 5.56 Å². The summed E-state index contributed by atoms with van der Waals surface area (Å²) >= 11 is 0. The molecule has 70 valence electrons. The van der Waals surface area contributed by atoms with Crippen LogP contribution in [0.2, 0.25) is 0 Å². The fraction of sp³-hybridized carbons (Fsp3) is 0.125. The van der Waals surface area contributed by atoms with Gasteiger partial charge in [-0.3, -0.25) is 4.79 Å². The van der Waals surface area contributed by atoms with Gasteiger partial charge >= 0.3 is 0 Å². The van der Waals surface area contributed by atoms with Crippen LogP contribution in [0.15, 0.2) is 23.4 Å². The van der Waals surface area contributed by atoms with Gasteiger partial charge in [0.15, 0.2) is 11.2 Å².